The van der Waals surface area contributed by atoms with Crippen molar-refractivity contribution in [2.24, 2.45) is 4.99 Å². The molecule has 7 aromatic carbocycles. The molecule has 0 aliphatic rings. The number of para-hydroxylation sites is 1. The van der Waals surface area contributed by atoms with Gasteiger partial charge in [0, 0.05) is 32.9 Å². The summed E-state index contributed by atoms with van der Waals surface area (Å²) in [6, 6.07) is 51.4. The van der Waals surface area contributed by atoms with Gasteiger partial charge in [0.25, 0.3) is 0 Å². The molecule has 0 aliphatic carbocycles. The van der Waals surface area contributed by atoms with Crippen molar-refractivity contribution >= 4 is 60.4 Å². The predicted octanol–water partition coefficient (Wildman–Crippen LogP) is 10.5. The third kappa shape index (κ3) is 4.09. The third-order valence-electron chi connectivity index (χ3n) is 8.55. The molecule has 8 aromatic rings. The fraction of sp³-hybridized carbons (Fsp3) is 0.0250. The molecule has 0 fully saturated rings. The number of hydrogen-bond acceptors (Lipinski definition) is 2. The van der Waals surface area contributed by atoms with Gasteiger partial charge in [-0.3, -0.25) is 4.99 Å². The Kier molecular flexibility index (Phi) is 5.83. The zero-order valence-electron chi connectivity index (χ0n) is 23.8. The highest BCUT2D eigenvalue weighted by molar-refractivity contribution is 6.20. The second-order valence-electron chi connectivity index (χ2n) is 11.0. The molecular formula is C40H29N3. The van der Waals surface area contributed by atoms with Gasteiger partial charge in [-0.2, -0.15) is 0 Å². The molecule has 0 amide bonds. The van der Waals surface area contributed by atoms with Crippen LogP contribution in [-0.2, 0) is 0 Å². The second-order valence-corrected chi connectivity index (χ2v) is 11.0. The van der Waals surface area contributed by atoms with Gasteiger partial charge >= 0.3 is 0 Å². The minimum atomic E-state index is 0.713. The topological polar surface area (TPSA) is 43.3 Å². The number of hydrogen-bond donors (Lipinski definition) is 1. The zero-order chi connectivity index (χ0) is 28.9. The van der Waals surface area contributed by atoms with Crippen LogP contribution in [-0.4, -0.2) is 10.3 Å². The lowest BCUT2D eigenvalue weighted by atomic mass is 9.98. The van der Waals surface area contributed by atoms with Crippen LogP contribution in [0.1, 0.15) is 12.5 Å². The van der Waals surface area contributed by atoms with E-state index in [1.165, 1.54) is 32.9 Å². The normalized spacial score (nSPS) is 12.1. The van der Waals surface area contributed by atoms with E-state index in [9.17, 15) is 0 Å². The molecule has 1 heterocycles. The van der Waals surface area contributed by atoms with Crippen LogP contribution in [0.25, 0.3) is 60.2 Å². The van der Waals surface area contributed by atoms with Gasteiger partial charge in [-0.15, -0.1) is 0 Å². The molecule has 0 bridgehead atoms. The number of benzene rings is 7. The average Bonchev–Trinajstić information content (AvgIpc) is 3.41. The SMILES string of the molecule is CC(=Nc1c(N)c2ccccc2c2ccccc12)c1ccc(-n2c3ccccc3c3cc(-c4ccccc4)ccc32)cc1. The second kappa shape index (κ2) is 10.0. The van der Waals surface area contributed by atoms with Crippen molar-refractivity contribution in [2.45, 2.75) is 6.92 Å². The van der Waals surface area contributed by atoms with E-state index in [0.717, 1.165) is 44.2 Å². The Hall–Kier alpha value is -5.67. The first-order chi connectivity index (χ1) is 21.2. The summed E-state index contributed by atoms with van der Waals surface area (Å²) in [7, 11) is 0. The van der Waals surface area contributed by atoms with E-state index < -0.39 is 0 Å². The first kappa shape index (κ1) is 25.1. The first-order valence-corrected chi connectivity index (χ1v) is 14.6. The summed E-state index contributed by atoms with van der Waals surface area (Å²) < 4.78 is 2.35. The molecule has 204 valence electrons. The number of rotatable bonds is 4. The summed E-state index contributed by atoms with van der Waals surface area (Å²) in [4.78, 5) is 5.12. The van der Waals surface area contributed by atoms with Gasteiger partial charge < -0.3 is 10.3 Å². The van der Waals surface area contributed by atoms with Gasteiger partial charge in [0.2, 0.25) is 0 Å². The van der Waals surface area contributed by atoms with Gasteiger partial charge in [0.15, 0.2) is 0 Å². The molecule has 0 radical (unpaired) electrons. The van der Waals surface area contributed by atoms with Crippen molar-refractivity contribution in [1.82, 2.24) is 4.57 Å². The zero-order valence-corrected chi connectivity index (χ0v) is 23.8. The maximum absolute atomic E-state index is 6.74. The van der Waals surface area contributed by atoms with Crippen LogP contribution < -0.4 is 5.73 Å². The van der Waals surface area contributed by atoms with Crippen LogP contribution >= 0.6 is 0 Å². The maximum Gasteiger partial charge on any atom is 0.0947 e. The van der Waals surface area contributed by atoms with Gasteiger partial charge in [-0.1, -0.05) is 115 Å². The van der Waals surface area contributed by atoms with Crippen LogP contribution in [0.5, 0.6) is 0 Å². The summed E-state index contributed by atoms with van der Waals surface area (Å²) >= 11 is 0. The molecule has 3 heteroatoms. The Morgan fingerprint density at radius 1 is 0.512 bits per heavy atom. The predicted molar refractivity (Wildman–Crippen MR) is 184 cm³/mol. The van der Waals surface area contributed by atoms with Crippen LogP contribution in [0.3, 0.4) is 0 Å². The summed E-state index contributed by atoms with van der Waals surface area (Å²) in [5.41, 5.74) is 16.2. The summed E-state index contributed by atoms with van der Waals surface area (Å²) in [5, 5.41) is 6.91. The number of aromatic nitrogens is 1. The smallest absolute Gasteiger partial charge is 0.0947 e. The molecular weight excluding hydrogens is 522 g/mol. The number of aliphatic imine (C=N–C) groups is 1. The van der Waals surface area contributed by atoms with E-state index in [-0.39, 0.29) is 0 Å². The molecule has 0 spiro atoms. The monoisotopic (exact) mass is 551 g/mol. The van der Waals surface area contributed by atoms with Crippen LogP contribution in [0, 0.1) is 0 Å². The molecule has 0 saturated heterocycles. The fourth-order valence-corrected chi connectivity index (χ4v) is 6.42. The quantitative estimate of drug-likeness (QED) is 0.132. The highest BCUT2D eigenvalue weighted by Gasteiger charge is 2.15. The molecule has 0 atom stereocenters. The lowest BCUT2D eigenvalue weighted by molar-refractivity contribution is 1.18. The highest BCUT2D eigenvalue weighted by atomic mass is 15.0. The molecule has 0 unspecified atom stereocenters. The summed E-state index contributed by atoms with van der Waals surface area (Å²) in [6.07, 6.45) is 0. The van der Waals surface area contributed by atoms with Crippen molar-refractivity contribution in [3.63, 3.8) is 0 Å². The Morgan fingerprint density at radius 2 is 1.09 bits per heavy atom. The Balaban J connectivity index is 1.23. The van der Waals surface area contributed by atoms with E-state index in [0.29, 0.717) is 5.69 Å². The van der Waals surface area contributed by atoms with Crippen molar-refractivity contribution in [3.8, 4) is 16.8 Å². The molecule has 8 rings (SSSR count). The standard InChI is InChI=1S/C40H29N3/c1-26(42-40-35-17-8-6-14-32(35)31-13-5-7-16-34(31)39(40)41)27-19-22-30(23-20-27)43-37-18-10-9-15-33(37)36-25-29(21-24-38(36)43)28-11-3-2-4-12-28/h2-25H,41H2,1H3. The van der Waals surface area contributed by atoms with Crippen LogP contribution in [0.15, 0.2) is 151 Å². The van der Waals surface area contributed by atoms with Gasteiger partial charge in [0.05, 0.1) is 22.4 Å². The number of nitrogen functional groups attached to an aromatic ring is 1. The minimum absolute atomic E-state index is 0.713. The fourth-order valence-electron chi connectivity index (χ4n) is 6.42. The number of nitrogens with zero attached hydrogens (tertiary/aromatic N) is 2. The number of anilines is 1. The highest BCUT2D eigenvalue weighted by Crippen LogP contribution is 2.40. The lowest BCUT2D eigenvalue weighted by Gasteiger charge is -2.13. The third-order valence-corrected chi connectivity index (χ3v) is 8.55. The van der Waals surface area contributed by atoms with E-state index in [4.69, 9.17) is 10.7 Å². The molecule has 2 N–H and O–H groups in total. The molecule has 0 aliphatic heterocycles. The van der Waals surface area contributed by atoms with Crippen molar-refractivity contribution < 1.29 is 0 Å². The minimum Gasteiger partial charge on any atom is -0.396 e. The van der Waals surface area contributed by atoms with Gasteiger partial charge in [-0.25, -0.2) is 0 Å². The lowest BCUT2D eigenvalue weighted by Crippen LogP contribution is -1.98. The van der Waals surface area contributed by atoms with E-state index in [1.54, 1.807) is 0 Å². The van der Waals surface area contributed by atoms with Gasteiger partial charge in [-0.05, 0) is 64.7 Å². The summed E-state index contributed by atoms with van der Waals surface area (Å²) in [5.74, 6) is 0. The Labute approximate surface area is 250 Å². The van der Waals surface area contributed by atoms with E-state index in [1.807, 2.05) is 12.1 Å². The molecule has 1 aromatic heterocycles. The van der Waals surface area contributed by atoms with E-state index >= 15 is 0 Å². The van der Waals surface area contributed by atoms with Crippen molar-refractivity contribution in [2.75, 3.05) is 5.73 Å². The van der Waals surface area contributed by atoms with E-state index in [2.05, 4.69) is 145 Å². The van der Waals surface area contributed by atoms with Crippen LogP contribution in [0.4, 0.5) is 11.4 Å². The van der Waals surface area contributed by atoms with Crippen molar-refractivity contribution in [1.29, 1.82) is 0 Å². The first-order valence-electron chi connectivity index (χ1n) is 14.6. The number of fused-ring (bicyclic) bond motifs is 6. The Morgan fingerprint density at radius 3 is 1.84 bits per heavy atom. The van der Waals surface area contributed by atoms with Crippen LogP contribution in [0.2, 0.25) is 0 Å². The Bertz CT molecular complexity index is 2340. The molecule has 3 nitrogen and oxygen atoms in total. The molecule has 43 heavy (non-hydrogen) atoms. The number of nitrogens with two attached hydrogens (primary N) is 1. The maximum atomic E-state index is 6.74. The van der Waals surface area contributed by atoms with Crippen molar-refractivity contribution in [3.05, 3.63) is 151 Å². The molecule has 0 saturated carbocycles. The summed E-state index contributed by atoms with van der Waals surface area (Å²) in [6.45, 7) is 2.06. The largest absolute Gasteiger partial charge is 0.396 e. The average molecular weight is 552 g/mol. The van der Waals surface area contributed by atoms with Gasteiger partial charge in [0.1, 0.15) is 0 Å².